The first-order chi connectivity index (χ1) is 9.65. The van der Waals surface area contributed by atoms with Crippen molar-refractivity contribution in [3.05, 3.63) is 53.9 Å². The van der Waals surface area contributed by atoms with Crippen LogP contribution in [0.1, 0.15) is 16.1 Å². The topological polar surface area (TPSA) is 77.2 Å². The van der Waals surface area contributed by atoms with Gasteiger partial charge >= 0.3 is 0 Å². The van der Waals surface area contributed by atoms with Crippen molar-refractivity contribution in [2.75, 3.05) is 18.9 Å². The molecule has 0 spiro atoms. The number of carbonyl (C=O) groups excluding carboxylic acids is 1. The summed E-state index contributed by atoms with van der Waals surface area (Å²) in [6.07, 6.45) is 1.62. The quantitative estimate of drug-likeness (QED) is 0.642. The minimum Gasteiger partial charge on any atom is -0.492 e. The highest BCUT2D eigenvalue weighted by Gasteiger charge is 2.04. The van der Waals surface area contributed by atoms with Gasteiger partial charge in [0.15, 0.2) is 0 Å². The van der Waals surface area contributed by atoms with Gasteiger partial charge in [0.2, 0.25) is 0 Å². The Kier molecular flexibility index (Phi) is 4.55. The van der Waals surface area contributed by atoms with Gasteiger partial charge in [-0.1, -0.05) is 6.07 Å². The van der Waals surface area contributed by atoms with Crippen LogP contribution in [0.3, 0.4) is 0 Å². The van der Waals surface area contributed by atoms with Gasteiger partial charge in [0.1, 0.15) is 12.4 Å². The van der Waals surface area contributed by atoms with Gasteiger partial charge < -0.3 is 15.8 Å². The lowest BCUT2D eigenvalue weighted by Crippen LogP contribution is -2.28. The van der Waals surface area contributed by atoms with E-state index in [9.17, 15) is 4.79 Å². The van der Waals surface area contributed by atoms with E-state index < -0.39 is 0 Å². The zero-order valence-corrected chi connectivity index (χ0v) is 11.3. The molecule has 1 aromatic heterocycles. The summed E-state index contributed by atoms with van der Waals surface area (Å²) in [5.74, 6) is 0.561. The Bertz CT molecular complexity index is 599. The van der Waals surface area contributed by atoms with Crippen molar-refractivity contribution >= 4 is 11.6 Å². The number of nitrogens with zero attached hydrogens (tertiary/aromatic N) is 1. The largest absolute Gasteiger partial charge is 0.492 e. The van der Waals surface area contributed by atoms with E-state index in [1.807, 2.05) is 19.1 Å². The van der Waals surface area contributed by atoms with Crippen molar-refractivity contribution < 1.29 is 9.53 Å². The number of amides is 1. The standard InChI is InChI=1S/C15H17N3O2/c1-11-9-12(5-6-17-11)15(19)18-7-8-20-14-4-2-3-13(16)10-14/h2-6,9-10H,7-8,16H2,1H3,(H,18,19). The molecule has 1 amide bonds. The lowest BCUT2D eigenvalue weighted by atomic mass is 10.2. The summed E-state index contributed by atoms with van der Waals surface area (Å²) in [5, 5.41) is 2.79. The third-order valence-electron chi connectivity index (χ3n) is 2.67. The number of hydrogen-bond donors (Lipinski definition) is 2. The van der Waals surface area contributed by atoms with E-state index in [0.29, 0.717) is 30.2 Å². The van der Waals surface area contributed by atoms with Crippen LogP contribution in [0.15, 0.2) is 42.6 Å². The zero-order valence-electron chi connectivity index (χ0n) is 11.3. The third kappa shape index (κ3) is 3.98. The number of aryl methyl sites for hydroxylation is 1. The molecule has 0 saturated carbocycles. The van der Waals surface area contributed by atoms with Gasteiger partial charge in [0, 0.05) is 29.2 Å². The highest BCUT2D eigenvalue weighted by Crippen LogP contribution is 2.13. The van der Waals surface area contributed by atoms with Crippen molar-refractivity contribution in [3.8, 4) is 5.75 Å². The third-order valence-corrected chi connectivity index (χ3v) is 2.67. The molecule has 5 heteroatoms. The highest BCUT2D eigenvalue weighted by molar-refractivity contribution is 5.94. The van der Waals surface area contributed by atoms with Crippen molar-refractivity contribution in [1.29, 1.82) is 0 Å². The fraction of sp³-hybridized carbons (Fsp3) is 0.200. The fourth-order valence-electron chi connectivity index (χ4n) is 1.73. The van der Waals surface area contributed by atoms with E-state index in [1.165, 1.54) is 0 Å². The van der Waals surface area contributed by atoms with Crippen LogP contribution in [-0.4, -0.2) is 24.0 Å². The highest BCUT2D eigenvalue weighted by atomic mass is 16.5. The molecule has 0 bridgehead atoms. The summed E-state index contributed by atoms with van der Waals surface area (Å²) in [6, 6.07) is 10.6. The number of aromatic nitrogens is 1. The molecule has 2 aromatic rings. The van der Waals surface area contributed by atoms with Crippen molar-refractivity contribution in [2.45, 2.75) is 6.92 Å². The van der Waals surface area contributed by atoms with Crippen LogP contribution in [0.25, 0.3) is 0 Å². The molecular formula is C15H17N3O2. The van der Waals surface area contributed by atoms with Gasteiger partial charge in [-0.2, -0.15) is 0 Å². The van der Waals surface area contributed by atoms with E-state index in [1.54, 1.807) is 30.5 Å². The minimum atomic E-state index is -0.133. The molecule has 0 radical (unpaired) electrons. The molecule has 0 aliphatic rings. The second-order valence-corrected chi connectivity index (χ2v) is 4.36. The lowest BCUT2D eigenvalue weighted by molar-refractivity contribution is 0.0947. The van der Waals surface area contributed by atoms with E-state index in [4.69, 9.17) is 10.5 Å². The number of anilines is 1. The first-order valence-electron chi connectivity index (χ1n) is 6.34. The van der Waals surface area contributed by atoms with Crippen LogP contribution in [0.4, 0.5) is 5.69 Å². The number of rotatable bonds is 5. The summed E-state index contributed by atoms with van der Waals surface area (Å²) >= 11 is 0. The molecule has 104 valence electrons. The molecule has 3 N–H and O–H groups in total. The molecule has 0 saturated heterocycles. The number of hydrogen-bond acceptors (Lipinski definition) is 4. The van der Waals surface area contributed by atoms with Gasteiger partial charge in [-0.05, 0) is 31.2 Å². The van der Waals surface area contributed by atoms with Gasteiger partial charge in [0.25, 0.3) is 5.91 Å². The average molecular weight is 271 g/mol. The number of carbonyl (C=O) groups is 1. The molecule has 2 rings (SSSR count). The predicted molar refractivity (Wildman–Crippen MR) is 77.7 cm³/mol. The van der Waals surface area contributed by atoms with Gasteiger partial charge in [-0.25, -0.2) is 0 Å². The van der Waals surface area contributed by atoms with Crippen LogP contribution in [-0.2, 0) is 0 Å². The van der Waals surface area contributed by atoms with Gasteiger partial charge in [-0.15, -0.1) is 0 Å². The van der Waals surface area contributed by atoms with Crippen LogP contribution in [0.5, 0.6) is 5.75 Å². The summed E-state index contributed by atoms with van der Waals surface area (Å²) in [4.78, 5) is 15.9. The van der Waals surface area contributed by atoms with Crippen LogP contribution < -0.4 is 15.8 Å². The molecule has 5 nitrogen and oxygen atoms in total. The zero-order chi connectivity index (χ0) is 14.4. The van der Waals surface area contributed by atoms with E-state index in [0.717, 1.165) is 5.69 Å². The van der Waals surface area contributed by atoms with E-state index in [-0.39, 0.29) is 5.91 Å². The van der Waals surface area contributed by atoms with Crippen molar-refractivity contribution in [2.24, 2.45) is 0 Å². The molecule has 0 aliphatic heterocycles. The Labute approximate surface area is 117 Å². The normalized spacial score (nSPS) is 10.1. The summed E-state index contributed by atoms with van der Waals surface area (Å²) in [6.45, 7) is 2.66. The van der Waals surface area contributed by atoms with E-state index >= 15 is 0 Å². The molecular weight excluding hydrogens is 254 g/mol. The second kappa shape index (κ2) is 6.56. The number of nitrogens with two attached hydrogens (primary N) is 1. The summed E-state index contributed by atoms with van der Waals surface area (Å²) in [7, 11) is 0. The Morgan fingerprint density at radius 1 is 1.35 bits per heavy atom. The molecule has 0 atom stereocenters. The van der Waals surface area contributed by atoms with Crippen LogP contribution in [0.2, 0.25) is 0 Å². The van der Waals surface area contributed by atoms with Crippen molar-refractivity contribution in [1.82, 2.24) is 10.3 Å². The maximum atomic E-state index is 11.8. The number of benzene rings is 1. The Hall–Kier alpha value is -2.56. The van der Waals surface area contributed by atoms with Gasteiger partial charge in [-0.3, -0.25) is 9.78 Å². The number of ether oxygens (including phenoxy) is 1. The average Bonchev–Trinajstić information content (AvgIpc) is 2.43. The maximum absolute atomic E-state index is 11.8. The molecule has 0 aliphatic carbocycles. The molecule has 0 unspecified atom stereocenters. The maximum Gasteiger partial charge on any atom is 0.251 e. The second-order valence-electron chi connectivity index (χ2n) is 4.36. The minimum absolute atomic E-state index is 0.133. The van der Waals surface area contributed by atoms with Crippen LogP contribution >= 0.6 is 0 Å². The Balaban J connectivity index is 1.77. The predicted octanol–water partition coefficient (Wildman–Crippen LogP) is 1.78. The van der Waals surface area contributed by atoms with Crippen LogP contribution in [0, 0.1) is 6.92 Å². The number of nitrogen functional groups attached to an aromatic ring is 1. The molecule has 20 heavy (non-hydrogen) atoms. The monoisotopic (exact) mass is 271 g/mol. The Morgan fingerprint density at radius 2 is 2.20 bits per heavy atom. The van der Waals surface area contributed by atoms with Gasteiger partial charge in [0.05, 0.1) is 6.54 Å². The van der Waals surface area contributed by atoms with E-state index in [2.05, 4.69) is 10.3 Å². The molecule has 1 heterocycles. The summed E-state index contributed by atoms with van der Waals surface area (Å²) in [5.41, 5.74) is 7.71. The van der Waals surface area contributed by atoms with Crippen molar-refractivity contribution in [3.63, 3.8) is 0 Å². The summed E-state index contributed by atoms with van der Waals surface area (Å²) < 4.78 is 5.49. The number of nitrogens with one attached hydrogen (secondary N) is 1. The Morgan fingerprint density at radius 3 is 2.95 bits per heavy atom. The smallest absolute Gasteiger partial charge is 0.251 e. The molecule has 0 fully saturated rings. The molecule has 1 aromatic carbocycles. The number of pyridine rings is 1. The first-order valence-corrected chi connectivity index (χ1v) is 6.34. The lowest BCUT2D eigenvalue weighted by Gasteiger charge is -2.08. The SMILES string of the molecule is Cc1cc(C(=O)NCCOc2cccc(N)c2)ccn1. The fourth-order valence-corrected chi connectivity index (χ4v) is 1.73. The first kappa shape index (κ1) is 13.9.